The molecule has 0 aliphatic rings. The van der Waals surface area contributed by atoms with Gasteiger partial charge in [-0.3, -0.25) is 9.59 Å². The molecule has 0 fully saturated rings. The van der Waals surface area contributed by atoms with Crippen LogP contribution in [0.15, 0.2) is 48.5 Å². The number of anilines is 1. The van der Waals surface area contributed by atoms with Crippen LogP contribution in [-0.4, -0.2) is 35.9 Å². The Morgan fingerprint density at radius 2 is 1.67 bits per heavy atom. The molecule has 6 heteroatoms. The van der Waals surface area contributed by atoms with Crippen LogP contribution in [0.25, 0.3) is 0 Å². The van der Waals surface area contributed by atoms with Gasteiger partial charge in [0.15, 0.2) is 6.10 Å². The van der Waals surface area contributed by atoms with E-state index in [-0.39, 0.29) is 11.8 Å². The van der Waals surface area contributed by atoms with Gasteiger partial charge in [0.05, 0.1) is 11.6 Å². The minimum atomic E-state index is -0.713. The van der Waals surface area contributed by atoms with E-state index in [1.54, 1.807) is 60.4 Å². The van der Waals surface area contributed by atoms with Gasteiger partial charge in [0.25, 0.3) is 11.8 Å². The maximum Gasteiger partial charge on any atom is 0.265 e. The molecule has 0 heterocycles. The van der Waals surface area contributed by atoms with Gasteiger partial charge in [0, 0.05) is 24.3 Å². The van der Waals surface area contributed by atoms with E-state index in [9.17, 15) is 9.59 Å². The van der Waals surface area contributed by atoms with Crippen molar-refractivity contribution in [1.29, 1.82) is 5.26 Å². The zero-order chi connectivity index (χ0) is 19.8. The van der Waals surface area contributed by atoms with Crippen LogP contribution in [0.2, 0.25) is 0 Å². The molecule has 140 valence electrons. The lowest BCUT2D eigenvalue weighted by Crippen LogP contribution is -2.31. The molecule has 0 aliphatic carbocycles. The minimum absolute atomic E-state index is 0.0320. The second-order valence-corrected chi connectivity index (χ2v) is 5.94. The number of ether oxygens (including phenoxy) is 1. The van der Waals surface area contributed by atoms with Crippen LogP contribution < -0.4 is 10.1 Å². The van der Waals surface area contributed by atoms with Gasteiger partial charge in [-0.25, -0.2) is 0 Å². The van der Waals surface area contributed by atoms with Gasteiger partial charge >= 0.3 is 0 Å². The van der Waals surface area contributed by atoms with Crippen molar-refractivity contribution in [2.24, 2.45) is 0 Å². The minimum Gasteiger partial charge on any atom is -0.481 e. The van der Waals surface area contributed by atoms with Gasteiger partial charge in [0.2, 0.25) is 0 Å². The summed E-state index contributed by atoms with van der Waals surface area (Å²) in [5, 5.41) is 11.6. The van der Waals surface area contributed by atoms with Crippen molar-refractivity contribution < 1.29 is 14.3 Å². The van der Waals surface area contributed by atoms with Gasteiger partial charge < -0.3 is 15.0 Å². The summed E-state index contributed by atoms with van der Waals surface area (Å²) in [4.78, 5) is 26.3. The Labute approximate surface area is 159 Å². The average molecular weight is 365 g/mol. The maximum absolute atomic E-state index is 12.3. The number of nitrogens with zero attached hydrogens (tertiary/aromatic N) is 2. The van der Waals surface area contributed by atoms with Crippen LogP contribution in [0.1, 0.15) is 36.7 Å². The average Bonchev–Trinajstić information content (AvgIpc) is 2.70. The summed E-state index contributed by atoms with van der Waals surface area (Å²) in [5.41, 5.74) is 1.70. The largest absolute Gasteiger partial charge is 0.481 e. The predicted molar refractivity (Wildman–Crippen MR) is 104 cm³/mol. The van der Waals surface area contributed by atoms with Gasteiger partial charge in [-0.05, 0) is 69.3 Å². The van der Waals surface area contributed by atoms with E-state index in [1.807, 2.05) is 19.9 Å². The molecule has 2 aromatic rings. The molecular weight excluding hydrogens is 342 g/mol. The highest BCUT2D eigenvalue weighted by Crippen LogP contribution is 2.16. The van der Waals surface area contributed by atoms with E-state index in [1.165, 1.54) is 0 Å². The number of hydrogen-bond donors (Lipinski definition) is 1. The van der Waals surface area contributed by atoms with E-state index < -0.39 is 6.10 Å². The fourth-order valence-electron chi connectivity index (χ4n) is 2.50. The van der Waals surface area contributed by atoms with Crippen LogP contribution in [0.5, 0.6) is 5.75 Å². The first-order valence-corrected chi connectivity index (χ1v) is 8.85. The maximum atomic E-state index is 12.3. The van der Waals surface area contributed by atoms with Crippen molar-refractivity contribution in [3.63, 3.8) is 0 Å². The Hall–Kier alpha value is -3.33. The number of amides is 2. The number of rotatable bonds is 7. The summed E-state index contributed by atoms with van der Waals surface area (Å²) in [7, 11) is 0. The van der Waals surface area contributed by atoms with Crippen LogP contribution >= 0.6 is 0 Å². The molecule has 6 nitrogen and oxygen atoms in total. The molecule has 0 saturated carbocycles. The van der Waals surface area contributed by atoms with Crippen molar-refractivity contribution >= 4 is 17.5 Å². The first-order valence-electron chi connectivity index (χ1n) is 8.85. The molecule has 27 heavy (non-hydrogen) atoms. The van der Waals surface area contributed by atoms with E-state index in [4.69, 9.17) is 10.00 Å². The van der Waals surface area contributed by atoms with Gasteiger partial charge in [-0.2, -0.15) is 5.26 Å². The number of benzene rings is 2. The van der Waals surface area contributed by atoms with E-state index >= 15 is 0 Å². The Morgan fingerprint density at radius 1 is 1.07 bits per heavy atom. The fraction of sp³-hybridized carbons (Fsp3) is 0.286. The van der Waals surface area contributed by atoms with Gasteiger partial charge in [0.1, 0.15) is 5.75 Å². The monoisotopic (exact) mass is 365 g/mol. The summed E-state index contributed by atoms with van der Waals surface area (Å²) in [6, 6.07) is 15.4. The van der Waals surface area contributed by atoms with E-state index in [0.717, 1.165) is 0 Å². The second kappa shape index (κ2) is 9.39. The molecule has 0 bridgehead atoms. The van der Waals surface area contributed by atoms with Crippen LogP contribution in [0.4, 0.5) is 5.69 Å². The third-order valence-electron chi connectivity index (χ3n) is 4.12. The van der Waals surface area contributed by atoms with Crippen molar-refractivity contribution in [1.82, 2.24) is 4.90 Å². The molecule has 0 aliphatic heterocycles. The Balaban J connectivity index is 1.96. The van der Waals surface area contributed by atoms with E-state index in [0.29, 0.717) is 35.7 Å². The molecule has 1 N–H and O–H groups in total. The van der Waals surface area contributed by atoms with Gasteiger partial charge in [-0.15, -0.1) is 0 Å². The lowest BCUT2D eigenvalue weighted by Gasteiger charge is -2.19. The first kappa shape index (κ1) is 20.0. The summed E-state index contributed by atoms with van der Waals surface area (Å²) < 4.78 is 5.59. The highest BCUT2D eigenvalue weighted by Gasteiger charge is 2.16. The van der Waals surface area contributed by atoms with E-state index in [2.05, 4.69) is 5.32 Å². The predicted octanol–water partition coefficient (Wildman–Crippen LogP) is 3.45. The van der Waals surface area contributed by atoms with Crippen LogP contribution in [-0.2, 0) is 4.79 Å². The zero-order valence-corrected chi connectivity index (χ0v) is 15.7. The Bertz CT molecular complexity index is 819. The topological polar surface area (TPSA) is 82.4 Å². The fourth-order valence-corrected chi connectivity index (χ4v) is 2.50. The lowest BCUT2D eigenvalue weighted by molar-refractivity contribution is -0.122. The zero-order valence-electron chi connectivity index (χ0n) is 15.7. The lowest BCUT2D eigenvalue weighted by atomic mass is 10.1. The van der Waals surface area contributed by atoms with Crippen molar-refractivity contribution in [2.45, 2.75) is 26.9 Å². The number of nitriles is 1. The van der Waals surface area contributed by atoms with Crippen molar-refractivity contribution in [2.75, 3.05) is 18.4 Å². The van der Waals surface area contributed by atoms with Crippen molar-refractivity contribution in [3.05, 3.63) is 59.7 Å². The van der Waals surface area contributed by atoms with Crippen molar-refractivity contribution in [3.8, 4) is 11.8 Å². The molecule has 1 atom stereocenters. The highest BCUT2D eigenvalue weighted by molar-refractivity contribution is 5.96. The number of carbonyl (C=O) groups excluding carboxylic acids is 2. The molecule has 2 amide bonds. The summed E-state index contributed by atoms with van der Waals surface area (Å²) >= 11 is 0. The quantitative estimate of drug-likeness (QED) is 0.815. The standard InChI is InChI=1S/C21H23N3O3/c1-4-24(5-2)21(26)17-8-10-18(11-9-17)23-20(25)15(3)27-19-12-6-16(14-22)7-13-19/h6-13,15H,4-5H2,1-3H3,(H,23,25)/t15-/m1/s1. The molecule has 2 aromatic carbocycles. The molecule has 0 saturated heterocycles. The van der Waals surface area contributed by atoms with Crippen LogP contribution in [0.3, 0.4) is 0 Å². The first-order chi connectivity index (χ1) is 13.0. The number of carbonyl (C=O) groups is 2. The number of nitrogens with one attached hydrogen (secondary N) is 1. The third-order valence-corrected chi connectivity index (χ3v) is 4.12. The normalized spacial score (nSPS) is 11.2. The second-order valence-electron chi connectivity index (χ2n) is 5.94. The smallest absolute Gasteiger partial charge is 0.265 e. The Morgan fingerprint density at radius 3 is 2.19 bits per heavy atom. The molecular formula is C21H23N3O3. The summed E-state index contributed by atoms with van der Waals surface area (Å²) in [6.45, 7) is 6.82. The SMILES string of the molecule is CCN(CC)C(=O)c1ccc(NC(=O)[C@@H](C)Oc2ccc(C#N)cc2)cc1. The highest BCUT2D eigenvalue weighted by atomic mass is 16.5. The molecule has 0 spiro atoms. The summed E-state index contributed by atoms with van der Waals surface area (Å²) in [5.74, 6) is 0.175. The molecule has 0 unspecified atom stereocenters. The molecule has 0 radical (unpaired) electrons. The third kappa shape index (κ3) is 5.32. The van der Waals surface area contributed by atoms with Crippen LogP contribution in [0, 0.1) is 11.3 Å². The Kier molecular flexibility index (Phi) is 6.95. The molecule has 0 aromatic heterocycles. The summed E-state index contributed by atoms with van der Waals surface area (Å²) in [6.07, 6.45) is -0.713. The number of hydrogen-bond acceptors (Lipinski definition) is 4. The molecule has 2 rings (SSSR count). The van der Waals surface area contributed by atoms with Gasteiger partial charge in [-0.1, -0.05) is 0 Å².